The maximum absolute atomic E-state index is 6.05. The zero-order chi connectivity index (χ0) is 13.8. The van der Waals surface area contributed by atoms with Crippen LogP contribution >= 0.6 is 34.4 Å². The molecule has 1 saturated carbocycles. The van der Waals surface area contributed by atoms with Gasteiger partial charge in [0.1, 0.15) is 11.6 Å². The smallest absolute Gasteiger partial charge is 0.140 e. The molecule has 0 aromatic carbocycles. The fourth-order valence-corrected chi connectivity index (χ4v) is 4.04. The van der Waals surface area contributed by atoms with Crippen molar-refractivity contribution in [1.29, 1.82) is 0 Å². The van der Waals surface area contributed by atoms with Crippen LogP contribution in [0.5, 0.6) is 0 Å². The Morgan fingerprint density at radius 3 is 2.63 bits per heavy atom. The molecule has 106 valence electrons. The molecular formula is C14H22IN3S. The number of aromatic nitrogens is 2. The lowest BCUT2D eigenvalue weighted by atomic mass is 10.0. The second-order valence-corrected chi connectivity index (χ2v) is 7.72. The van der Waals surface area contributed by atoms with Crippen LogP contribution in [0.25, 0.3) is 0 Å². The molecule has 1 aromatic heterocycles. The molecule has 1 aliphatic carbocycles. The monoisotopic (exact) mass is 391 g/mol. The molecule has 3 nitrogen and oxygen atoms in total. The Morgan fingerprint density at radius 2 is 2.00 bits per heavy atom. The van der Waals surface area contributed by atoms with Gasteiger partial charge in [-0.05, 0) is 47.1 Å². The molecule has 0 saturated heterocycles. The van der Waals surface area contributed by atoms with Gasteiger partial charge in [-0.1, -0.05) is 26.7 Å². The van der Waals surface area contributed by atoms with Gasteiger partial charge in [0.25, 0.3) is 0 Å². The first-order valence-corrected chi connectivity index (χ1v) is 9.20. The SMILES string of the molecule is CC(C)CSCc1nc(N)c(I)c(C2CCCC2)n1. The molecule has 1 heterocycles. The van der Waals surface area contributed by atoms with E-state index in [1.165, 1.54) is 31.4 Å². The summed E-state index contributed by atoms with van der Waals surface area (Å²) >= 11 is 4.20. The highest BCUT2D eigenvalue weighted by Gasteiger charge is 2.23. The minimum absolute atomic E-state index is 0.603. The van der Waals surface area contributed by atoms with Crippen LogP contribution in [0.15, 0.2) is 0 Å². The third-order valence-corrected chi connectivity index (χ3v) is 5.84. The summed E-state index contributed by atoms with van der Waals surface area (Å²) in [5.41, 5.74) is 7.25. The van der Waals surface area contributed by atoms with Gasteiger partial charge in [-0.15, -0.1) is 0 Å². The van der Waals surface area contributed by atoms with E-state index in [-0.39, 0.29) is 0 Å². The lowest BCUT2D eigenvalue weighted by Crippen LogP contribution is -2.09. The summed E-state index contributed by atoms with van der Waals surface area (Å²) in [6.07, 6.45) is 5.15. The number of hydrogen-bond acceptors (Lipinski definition) is 4. The van der Waals surface area contributed by atoms with Crippen LogP contribution in [0.3, 0.4) is 0 Å². The highest BCUT2D eigenvalue weighted by atomic mass is 127. The fraction of sp³-hybridized carbons (Fsp3) is 0.714. The van der Waals surface area contributed by atoms with Gasteiger partial charge in [-0.3, -0.25) is 0 Å². The molecule has 0 radical (unpaired) electrons. The van der Waals surface area contributed by atoms with E-state index >= 15 is 0 Å². The maximum atomic E-state index is 6.05. The number of anilines is 1. The Morgan fingerprint density at radius 1 is 1.32 bits per heavy atom. The Hall–Kier alpha value is -0.0400. The molecule has 1 aliphatic rings. The third kappa shape index (κ3) is 4.21. The van der Waals surface area contributed by atoms with Gasteiger partial charge >= 0.3 is 0 Å². The highest BCUT2D eigenvalue weighted by molar-refractivity contribution is 14.1. The molecule has 1 aromatic rings. The molecule has 19 heavy (non-hydrogen) atoms. The second-order valence-electron chi connectivity index (χ2n) is 5.61. The third-order valence-electron chi connectivity index (χ3n) is 3.37. The summed E-state index contributed by atoms with van der Waals surface area (Å²) in [5, 5.41) is 0. The van der Waals surface area contributed by atoms with Crippen molar-refractivity contribution in [3.05, 3.63) is 15.1 Å². The van der Waals surface area contributed by atoms with Gasteiger partial charge in [0.2, 0.25) is 0 Å². The number of nitrogens with zero attached hydrogens (tertiary/aromatic N) is 2. The minimum Gasteiger partial charge on any atom is -0.383 e. The minimum atomic E-state index is 0.603. The number of thioether (sulfide) groups is 1. The van der Waals surface area contributed by atoms with Crippen LogP contribution in [0.4, 0.5) is 5.82 Å². The van der Waals surface area contributed by atoms with E-state index in [4.69, 9.17) is 10.7 Å². The first-order chi connectivity index (χ1) is 9.08. The van der Waals surface area contributed by atoms with Crippen molar-refractivity contribution in [2.45, 2.75) is 51.2 Å². The lowest BCUT2D eigenvalue weighted by Gasteiger charge is -2.14. The predicted octanol–water partition coefficient (Wildman–Crippen LogP) is 4.21. The predicted molar refractivity (Wildman–Crippen MR) is 91.4 cm³/mol. The standard InChI is InChI=1S/C14H22IN3S/c1-9(2)7-19-8-11-17-13(10-5-3-4-6-10)12(15)14(16)18-11/h9-10H,3-8H2,1-2H3,(H2,16,17,18). The number of hydrogen-bond donors (Lipinski definition) is 1. The van der Waals surface area contributed by atoms with Crippen LogP contribution < -0.4 is 5.73 Å². The first kappa shape index (κ1) is 15.4. The number of nitrogens with two attached hydrogens (primary N) is 1. The van der Waals surface area contributed by atoms with Crippen LogP contribution in [-0.2, 0) is 5.75 Å². The summed E-state index contributed by atoms with van der Waals surface area (Å²) in [6, 6.07) is 0. The van der Waals surface area contributed by atoms with E-state index in [1.54, 1.807) is 0 Å². The van der Waals surface area contributed by atoms with Gasteiger partial charge in [0, 0.05) is 5.92 Å². The molecule has 0 atom stereocenters. The van der Waals surface area contributed by atoms with Gasteiger partial charge in [0.15, 0.2) is 0 Å². The molecule has 0 amide bonds. The Kier molecular flexibility index (Phi) is 5.74. The van der Waals surface area contributed by atoms with Crippen molar-refractivity contribution in [3.63, 3.8) is 0 Å². The summed E-state index contributed by atoms with van der Waals surface area (Å²) in [5.74, 6) is 4.90. The van der Waals surface area contributed by atoms with E-state index in [1.807, 2.05) is 11.8 Å². The Bertz CT molecular complexity index is 431. The summed E-state index contributed by atoms with van der Waals surface area (Å²) < 4.78 is 1.07. The van der Waals surface area contributed by atoms with Gasteiger partial charge in [0.05, 0.1) is 15.0 Å². The summed E-state index contributed by atoms with van der Waals surface area (Å²) in [4.78, 5) is 9.23. The number of nitrogen functional groups attached to an aromatic ring is 1. The van der Waals surface area contributed by atoms with Crippen LogP contribution in [0.2, 0.25) is 0 Å². The first-order valence-electron chi connectivity index (χ1n) is 6.97. The van der Waals surface area contributed by atoms with Crippen LogP contribution in [-0.4, -0.2) is 15.7 Å². The largest absolute Gasteiger partial charge is 0.383 e. The second kappa shape index (κ2) is 7.11. The van der Waals surface area contributed by atoms with Crippen molar-refractivity contribution < 1.29 is 0 Å². The van der Waals surface area contributed by atoms with Crippen molar-refractivity contribution in [2.75, 3.05) is 11.5 Å². The molecule has 0 bridgehead atoms. The molecule has 2 N–H and O–H groups in total. The van der Waals surface area contributed by atoms with E-state index in [0.29, 0.717) is 17.7 Å². The van der Waals surface area contributed by atoms with Gasteiger partial charge < -0.3 is 5.73 Å². The van der Waals surface area contributed by atoms with Crippen molar-refractivity contribution in [1.82, 2.24) is 9.97 Å². The Balaban J connectivity index is 2.11. The zero-order valence-electron chi connectivity index (χ0n) is 11.7. The Labute approximate surface area is 133 Å². The van der Waals surface area contributed by atoms with Crippen LogP contribution in [0.1, 0.15) is 57.0 Å². The van der Waals surface area contributed by atoms with E-state index in [2.05, 4.69) is 41.4 Å². The molecule has 1 fully saturated rings. The molecule has 0 spiro atoms. The molecular weight excluding hydrogens is 369 g/mol. The van der Waals surface area contributed by atoms with E-state index in [0.717, 1.165) is 20.9 Å². The van der Waals surface area contributed by atoms with Crippen LogP contribution in [0, 0.1) is 9.49 Å². The van der Waals surface area contributed by atoms with Gasteiger partial charge in [-0.25, -0.2) is 9.97 Å². The maximum Gasteiger partial charge on any atom is 0.140 e. The number of halogens is 1. The molecule has 0 unspecified atom stereocenters. The lowest BCUT2D eigenvalue weighted by molar-refractivity contribution is 0.684. The average Bonchev–Trinajstić information content (AvgIpc) is 2.86. The average molecular weight is 391 g/mol. The van der Waals surface area contributed by atoms with Crippen molar-refractivity contribution >= 4 is 40.2 Å². The fourth-order valence-electron chi connectivity index (χ4n) is 2.45. The molecule has 0 aliphatic heterocycles. The van der Waals surface area contributed by atoms with Crippen molar-refractivity contribution in [2.24, 2.45) is 5.92 Å². The number of rotatable bonds is 5. The summed E-state index contributed by atoms with van der Waals surface area (Å²) in [7, 11) is 0. The van der Waals surface area contributed by atoms with Gasteiger partial charge in [-0.2, -0.15) is 11.8 Å². The zero-order valence-corrected chi connectivity index (χ0v) is 14.6. The topological polar surface area (TPSA) is 51.8 Å². The quantitative estimate of drug-likeness (QED) is 0.764. The normalized spacial score (nSPS) is 16.4. The van der Waals surface area contributed by atoms with E-state index in [9.17, 15) is 0 Å². The summed E-state index contributed by atoms with van der Waals surface area (Å²) in [6.45, 7) is 4.47. The van der Waals surface area contributed by atoms with Crippen molar-refractivity contribution in [3.8, 4) is 0 Å². The highest BCUT2D eigenvalue weighted by Crippen LogP contribution is 2.36. The molecule has 2 rings (SSSR count). The van der Waals surface area contributed by atoms with E-state index < -0.39 is 0 Å². The molecule has 5 heteroatoms.